The summed E-state index contributed by atoms with van der Waals surface area (Å²) in [7, 11) is 0. The highest BCUT2D eigenvalue weighted by Gasteiger charge is 2.07. The lowest BCUT2D eigenvalue weighted by Crippen LogP contribution is -2.15. The molecule has 0 bridgehead atoms. The van der Waals surface area contributed by atoms with Gasteiger partial charge in [0, 0.05) is 23.2 Å². The second kappa shape index (κ2) is 3.67. The zero-order valence-corrected chi connectivity index (χ0v) is 9.49. The third-order valence-corrected chi connectivity index (χ3v) is 2.87. The van der Waals surface area contributed by atoms with Crippen LogP contribution in [-0.2, 0) is 0 Å². The molecule has 0 aliphatic rings. The third kappa shape index (κ3) is 1.50. The van der Waals surface area contributed by atoms with Crippen molar-refractivity contribution in [1.29, 1.82) is 0 Å². The molecule has 0 amide bonds. The van der Waals surface area contributed by atoms with Crippen LogP contribution in [0.1, 0.15) is 0 Å². The molecular formula is C11H8N4OS. The van der Waals surface area contributed by atoms with Gasteiger partial charge in [-0.2, -0.15) is 0 Å². The molecule has 0 radical (unpaired) electrons. The molecule has 84 valence electrons. The zero-order chi connectivity index (χ0) is 11.8. The van der Waals surface area contributed by atoms with E-state index in [-0.39, 0.29) is 5.69 Å². The lowest BCUT2D eigenvalue weighted by Gasteiger charge is -2.04. The molecule has 0 saturated carbocycles. The van der Waals surface area contributed by atoms with E-state index >= 15 is 0 Å². The molecule has 1 aromatic carbocycles. The Morgan fingerprint density at radius 2 is 2.12 bits per heavy atom. The number of pyridine rings is 1. The molecule has 0 aliphatic carbocycles. The van der Waals surface area contributed by atoms with E-state index in [1.807, 2.05) is 24.3 Å². The monoisotopic (exact) mass is 244 g/mol. The van der Waals surface area contributed by atoms with Crippen LogP contribution in [0.2, 0.25) is 0 Å². The van der Waals surface area contributed by atoms with Gasteiger partial charge in [-0.15, -0.1) is 0 Å². The van der Waals surface area contributed by atoms with E-state index in [1.54, 1.807) is 12.4 Å². The van der Waals surface area contributed by atoms with Crippen LogP contribution in [0.5, 0.6) is 0 Å². The van der Waals surface area contributed by atoms with Crippen LogP contribution in [-0.4, -0.2) is 19.7 Å². The number of rotatable bonds is 1. The summed E-state index contributed by atoms with van der Waals surface area (Å²) in [4.78, 5) is 15.7. The van der Waals surface area contributed by atoms with Crippen molar-refractivity contribution < 1.29 is 0 Å². The fourth-order valence-electron chi connectivity index (χ4n) is 1.83. The summed E-state index contributed by atoms with van der Waals surface area (Å²) in [6.07, 6.45) is 3.44. The summed E-state index contributed by atoms with van der Waals surface area (Å²) < 4.78 is 1.77. The first kappa shape index (κ1) is 9.98. The molecular weight excluding hydrogens is 236 g/mol. The number of nitrogens with zero attached hydrogens (tertiary/aromatic N) is 2. The van der Waals surface area contributed by atoms with E-state index < -0.39 is 0 Å². The Hall–Kier alpha value is -2.21. The van der Waals surface area contributed by atoms with Gasteiger partial charge in [-0.3, -0.25) is 10.1 Å². The van der Waals surface area contributed by atoms with Gasteiger partial charge in [-0.05, 0) is 24.4 Å². The first-order chi connectivity index (χ1) is 8.27. The highest BCUT2D eigenvalue weighted by atomic mass is 32.1. The smallest absolute Gasteiger partial charge is 0.272 e. The maximum absolute atomic E-state index is 11.7. The van der Waals surface area contributed by atoms with Gasteiger partial charge >= 0.3 is 5.69 Å². The van der Waals surface area contributed by atoms with Crippen molar-refractivity contribution in [3.05, 3.63) is 51.9 Å². The van der Waals surface area contributed by atoms with Gasteiger partial charge < -0.3 is 0 Å². The van der Waals surface area contributed by atoms with Crippen molar-refractivity contribution in [1.82, 2.24) is 19.7 Å². The summed E-state index contributed by atoms with van der Waals surface area (Å²) in [5.74, 6) is 0. The Kier molecular flexibility index (Phi) is 2.15. The van der Waals surface area contributed by atoms with E-state index in [0.717, 1.165) is 16.5 Å². The van der Waals surface area contributed by atoms with Crippen molar-refractivity contribution in [3.63, 3.8) is 0 Å². The quantitative estimate of drug-likeness (QED) is 0.641. The van der Waals surface area contributed by atoms with Crippen molar-refractivity contribution in [2.24, 2.45) is 0 Å². The fraction of sp³-hybridized carbons (Fsp3) is 0. The summed E-state index contributed by atoms with van der Waals surface area (Å²) in [6.45, 7) is 0. The SMILES string of the molecule is O=c1[nH][nH]c(=S)n1-c1cccc2cnccc12. The number of aromatic amines is 2. The van der Waals surface area contributed by atoms with E-state index in [1.165, 1.54) is 4.57 Å². The third-order valence-electron chi connectivity index (χ3n) is 2.58. The first-order valence-electron chi connectivity index (χ1n) is 5.00. The maximum Gasteiger partial charge on any atom is 0.347 e. The summed E-state index contributed by atoms with van der Waals surface area (Å²) in [6, 6.07) is 7.52. The molecule has 17 heavy (non-hydrogen) atoms. The van der Waals surface area contributed by atoms with Crippen LogP contribution < -0.4 is 5.69 Å². The van der Waals surface area contributed by atoms with E-state index in [2.05, 4.69) is 15.2 Å². The van der Waals surface area contributed by atoms with Gasteiger partial charge in [0.05, 0.1) is 5.69 Å². The second-order valence-corrected chi connectivity index (χ2v) is 3.96. The molecule has 0 unspecified atom stereocenters. The van der Waals surface area contributed by atoms with Crippen LogP contribution in [0.15, 0.2) is 41.5 Å². The van der Waals surface area contributed by atoms with Gasteiger partial charge in [0.25, 0.3) is 0 Å². The molecule has 3 aromatic rings. The number of benzene rings is 1. The van der Waals surface area contributed by atoms with Crippen LogP contribution in [0.3, 0.4) is 0 Å². The number of hydrogen-bond donors (Lipinski definition) is 2. The summed E-state index contributed by atoms with van der Waals surface area (Å²) in [5, 5.41) is 6.99. The Balaban J connectivity index is 2.47. The highest BCUT2D eigenvalue weighted by molar-refractivity contribution is 7.71. The van der Waals surface area contributed by atoms with Crippen molar-refractivity contribution >= 4 is 23.0 Å². The maximum atomic E-state index is 11.7. The Bertz CT molecular complexity index is 766. The molecule has 0 spiro atoms. The number of H-pyrrole nitrogens is 2. The number of fused-ring (bicyclic) bond motifs is 1. The minimum atomic E-state index is -0.278. The van der Waals surface area contributed by atoms with Crippen molar-refractivity contribution in [3.8, 4) is 5.69 Å². The van der Waals surface area contributed by atoms with Gasteiger partial charge in [-0.1, -0.05) is 12.1 Å². The van der Waals surface area contributed by atoms with Crippen LogP contribution in [0, 0.1) is 4.77 Å². The number of nitrogens with one attached hydrogen (secondary N) is 2. The molecule has 2 N–H and O–H groups in total. The topological polar surface area (TPSA) is 66.5 Å². The molecule has 3 rings (SSSR count). The molecule has 2 heterocycles. The average Bonchev–Trinajstić information content (AvgIpc) is 2.69. The normalized spacial score (nSPS) is 10.8. The molecule has 0 aliphatic heterocycles. The molecule has 0 atom stereocenters. The van der Waals surface area contributed by atoms with E-state index in [9.17, 15) is 4.79 Å². The summed E-state index contributed by atoms with van der Waals surface area (Å²) >= 11 is 5.08. The lowest BCUT2D eigenvalue weighted by molar-refractivity contribution is 0.983. The molecule has 2 aromatic heterocycles. The predicted octanol–water partition coefficient (Wildman–Crippen LogP) is 1.77. The minimum absolute atomic E-state index is 0.278. The van der Waals surface area contributed by atoms with Gasteiger partial charge in [0.15, 0.2) is 0 Å². The van der Waals surface area contributed by atoms with Crippen molar-refractivity contribution in [2.75, 3.05) is 0 Å². The number of aromatic nitrogens is 4. The summed E-state index contributed by atoms with van der Waals surface area (Å²) in [5.41, 5.74) is 0.469. The van der Waals surface area contributed by atoms with Crippen LogP contribution in [0.25, 0.3) is 16.5 Å². The van der Waals surface area contributed by atoms with Crippen LogP contribution in [0.4, 0.5) is 0 Å². The molecule has 6 heteroatoms. The van der Waals surface area contributed by atoms with Crippen LogP contribution >= 0.6 is 12.2 Å². The first-order valence-corrected chi connectivity index (χ1v) is 5.41. The molecule has 0 fully saturated rings. The fourth-order valence-corrected chi connectivity index (χ4v) is 2.06. The van der Waals surface area contributed by atoms with Gasteiger partial charge in [-0.25, -0.2) is 14.5 Å². The zero-order valence-electron chi connectivity index (χ0n) is 8.68. The lowest BCUT2D eigenvalue weighted by atomic mass is 10.1. The largest absolute Gasteiger partial charge is 0.347 e. The Morgan fingerprint density at radius 3 is 2.88 bits per heavy atom. The van der Waals surface area contributed by atoms with E-state index in [0.29, 0.717) is 4.77 Å². The Labute approximate surface area is 101 Å². The second-order valence-electron chi connectivity index (χ2n) is 3.57. The molecule has 5 nitrogen and oxygen atoms in total. The van der Waals surface area contributed by atoms with Gasteiger partial charge in [0.1, 0.15) is 0 Å². The average molecular weight is 244 g/mol. The predicted molar refractivity (Wildman–Crippen MR) is 66.9 cm³/mol. The van der Waals surface area contributed by atoms with E-state index in [4.69, 9.17) is 12.2 Å². The van der Waals surface area contributed by atoms with Crippen molar-refractivity contribution in [2.45, 2.75) is 0 Å². The van der Waals surface area contributed by atoms with Gasteiger partial charge in [0.2, 0.25) is 4.77 Å². The number of hydrogen-bond acceptors (Lipinski definition) is 3. The highest BCUT2D eigenvalue weighted by Crippen LogP contribution is 2.19. The standard InChI is InChI=1S/C11H8N4OS/c16-10-13-14-11(17)15(10)9-3-1-2-7-6-12-5-4-8(7)9/h1-6H,(H,13,16)(H,14,17). The molecule has 0 saturated heterocycles. The minimum Gasteiger partial charge on any atom is -0.272 e. The Morgan fingerprint density at radius 1 is 1.24 bits per heavy atom.